The van der Waals surface area contributed by atoms with E-state index in [4.69, 9.17) is 11.6 Å². The number of aromatic nitrogens is 1. The topological polar surface area (TPSA) is 12.9 Å². The number of rotatable bonds is 1. The lowest BCUT2D eigenvalue weighted by molar-refractivity contribution is 1.36. The second-order valence-corrected chi connectivity index (χ2v) is 5.76. The molecule has 0 aliphatic carbocycles. The Bertz CT molecular complexity index is 754. The minimum Gasteiger partial charge on any atom is -0.235 e. The molecule has 3 aromatic rings. The van der Waals surface area contributed by atoms with Gasteiger partial charge in [0.15, 0.2) is 0 Å². The number of hydrogen-bond donors (Lipinski definition) is 0. The number of aryl methyl sites for hydroxylation is 1. The van der Waals surface area contributed by atoms with Crippen LogP contribution in [-0.2, 0) is 0 Å². The predicted octanol–water partition coefficient (Wildman–Crippen LogP) is 5.63. The van der Waals surface area contributed by atoms with E-state index in [2.05, 4.69) is 33.0 Å². The van der Waals surface area contributed by atoms with E-state index in [1.165, 1.54) is 0 Å². The molecule has 1 heterocycles. The Kier molecular flexibility index (Phi) is 3.29. The molecule has 0 unspecified atom stereocenters. The minimum atomic E-state index is 0.545. The van der Waals surface area contributed by atoms with E-state index in [1.807, 2.05) is 43.3 Å². The number of benzene rings is 2. The molecule has 1 nitrogen and oxygen atoms in total. The molecule has 0 amide bonds. The van der Waals surface area contributed by atoms with Gasteiger partial charge >= 0.3 is 0 Å². The van der Waals surface area contributed by atoms with Gasteiger partial charge in [-0.25, -0.2) is 4.98 Å². The average Bonchev–Trinajstić information content (AvgIpc) is 2.40. The van der Waals surface area contributed by atoms with Gasteiger partial charge in [-0.2, -0.15) is 0 Å². The van der Waals surface area contributed by atoms with Crippen LogP contribution in [0.5, 0.6) is 0 Å². The maximum Gasteiger partial charge on any atom is 0.137 e. The van der Waals surface area contributed by atoms with Gasteiger partial charge in [0, 0.05) is 15.4 Å². The first-order valence-corrected chi connectivity index (χ1v) is 7.14. The van der Waals surface area contributed by atoms with Gasteiger partial charge in [0.05, 0.1) is 5.52 Å². The molecule has 0 aliphatic rings. The van der Waals surface area contributed by atoms with E-state index in [1.54, 1.807) is 0 Å². The van der Waals surface area contributed by atoms with Crippen molar-refractivity contribution in [2.24, 2.45) is 0 Å². The SMILES string of the molecule is Cc1cc(Br)cc2cc(-c3ccccc3)c(Cl)nc12. The maximum atomic E-state index is 6.33. The van der Waals surface area contributed by atoms with Gasteiger partial charge in [0.2, 0.25) is 0 Å². The normalized spacial score (nSPS) is 10.9. The number of pyridine rings is 1. The fourth-order valence-electron chi connectivity index (χ4n) is 2.22. The number of nitrogens with zero attached hydrogens (tertiary/aromatic N) is 1. The van der Waals surface area contributed by atoms with Crippen LogP contribution in [0.2, 0.25) is 5.15 Å². The Hall–Kier alpha value is -1.38. The highest BCUT2D eigenvalue weighted by molar-refractivity contribution is 9.10. The highest BCUT2D eigenvalue weighted by atomic mass is 79.9. The van der Waals surface area contributed by atoms with Crippen molar-refractivity contribution in [3.05, 3.63) is 63.7 Å². The predicted molar refractivity (Wildman–Crippen MR) is 84.6 cm³/mol. The molecule has 3 heteroatoms. The van der Waals surface area contributed by atoms with Crippen LogP contribution in [0, 0.1) is 6.92 Å². The lowest BCUT2D eigenvalue weighted by Gasteiger charge is -2.08. The smallest absolute Gasteiger partial charge is 0.137 e. The quantitative estimate of drug-likeness (QED) is 0.527. The second-order valence-electron chi connectivity index (χ2n) is 4.49. The minimum absolute atomic E-state index is 0.545. The molecule has 0 saturated heterocycles. The molecular formula is C16H11BrClN. The van der Waals surface area contributed by atoms with Crippen LogP contribution in [0.15, 0.2) is 53.0 Å². The highest BCUT2D eigenvalue weighted by Crippen LogP contribution is 2.32. The van der Waals surface area contributed by atoms with E-state index >= 15 is 0 Å². The first kappa shape index (κ1) is 12.6. The molecule has 0 aliphatic heterocycles. The van der Waals surface area contributed by atoms with Gasteiger partial charge in [0.1, 0.15) is 5.15 Å². The summed E-state index contributed by atoms with van der Waals surface area (Å²) in [6.45, 7) is 2.04. The van der Waals surface area contributed by atoms with Gasteiger partial charge in [-0.05, 0) is 36.2 Å². The Labute approximate surface area is 125 Å². The molecule has 94 valence electrons. The van der Waals surface area contributed by atoms with Crippen LogP contribution in [0.1, 0.15) is 5.56 Å². The molecule has 0 saturated carbocycles. The number of halogens is 2. The van der Waals surface area contributed by atoms with Gasteiger partial charge in [-0.3, -0.25) is 0 Å². The molecule has 0 atom stereocenters. The van der Waals surface area contributed by atoms with E-state index in [0.29, 0.717) is 5.15 Å². The van der Waals surface area contributed by atoms with Crippen molar-refractivity contribution in [1.29, 1.82) is 0 Å². The fourth-order valence-corrected chi connectivity index (χ4v) is 3.06. The van der Waals surface area contributed by atoms with Crippen LogP contribution in [0.25, 0.3) is 22.0 Å². The standard InChI is InChI=1S/C16H11BrClN/c1-10-7-13(17)8-12-9-14(16(18)19-15(10)12)11-5-3-2-4-6-11/h2-9H,1H3. The van der Waals surface area contributed by atoms with Crippen molar-refractivity contribution in [2.45, 2.75) is 6.92 Å². The molecule has 3 rings (SSSR count). The third kappa shape index (κ3) is 2.38. The zero-order valence-electron chi connectivity index (χ0n) is 10.3. The largest absolute Gasteiger partial charge is 0.235 e. The van der Waals surface area contributed by atoms with Crippen LogP contribution in [0.3, 0.4) is 0 Å². The Balaban J connectivity index is 2.31. The second kappa shape index (κ2) is 4.95. The Morgan fingerprint density at radius 2 is 1.79 bits per heavy atom. The molecule has 0 spiro atoms. The molecule has 19 heavy (non-hydrogen) atoms. The van der Waals surface area contributed by atoms with E-state index < -0.39 is 0 Å². The molecule has 0 fully saturated rings. The first-order valence-electron chi connectivity index (χ1n) is 5.97. The van der Waals surface area contributed by atoms with E-state index in [-0.39, 0.29) is 0 Å². The van der Waals surface area contributed by atoms with E-state index in [0.717, 1.165) is 32.1 Å². The van der Waals surface area contributed by atoms with Gasteiger partial charge in [0.25, 0.3) is 0 Å². The van der Waals surface area contributed by atoms with Gasteiger partial charge in [-0.1, -0.05) is 57.9 Å². The zero-order valence-corrected chi connectivity index (χ0v) is 12.7. The summed E-state index contributed by atoms with van der Waals surface area (Å²) in [5.41, 5.74) is 4.12. The molecule has 2 aromatic carbocycles. The van der Waals surface area contributed by atoms with Crippen molar-refractivity contribution in [2.75, 3.05) is 0 Å². The molecule has 1 aromatic heterocycles. The van der Waals surface area contributed by atoms with Crippen molar-refractivity contribution in [3.8, 4) is 11.1 Å². The van der Waals surface area contributed by atoms with Gasteiger partial charge in [-0.15, -0.1) is 0 Å². The van der Waals surface area contributed by atoms with Crippen LogP contribution in [0.4, 0.5) is 0 Å². The lowest BCUT2D eigenvalue weighted by Crippen LogP contribution is -1.89. The Morgan fingerprint density at radius 1 is 1.05 bits per heavy atom. The fraction of sp³-hybridized carbons (Fsp3) is 0.0625. The molecule has 0 radical (unpaired) electrons. The van der Waals surface area contributed by atoms with Crippen molar-refractivity contribution < 1.29 is 0 Å². The number of hydrogen-bond acceptors (Lipinski definition) is 1. The third-order valence-electron chi connectivity index (χ3n) is 3.11. The maximum absolute atomic E-state index is 6.33. The van der Waals surface area contributed by atoms with Crippen molar-refractivity contribution >= 4 is 38.4 Å². The monoisotopic (exact) mass is 331 g/mol. The first-order chi connectivity index (χ1) is 9.15. The molecular weight excluding hydrogens is 322 g/mol. The average molecular weight is 333 g/mol. The van der Waals surface area contributed by atoms with E-state index in [9.17, 15) is 0 Å². The summed E-state index contributed by atoms with van der Waals surface area (Å²) < 4.78 is 1.06. The van der Waals surface area contributed by atoms with Crippen LogP contribution >= 0.6 is 27.5 Å². The molecule has 0 N–H and O–H groups in total. The number of fused-ring (bicyclic) bond motifs is 1. The van der Waals surface area contributed by atoms with Crippen molar-refractivity contribution in [3.63, 3.8) is 0 Å². The van der Waals surface area contributed by atoms with Crippen LogP contribution < -0.4 is 0 Å². The summed E-state index contributed by atoms with van der Waals surface area (Å²) in [6.07, 6.45) is 0. The summed E-state index contributed by atoms with van der Waals surface area (Å²) in [7, 11) is 0. The van der Waals surface area contributed by atoms with Gasteiger partial charge < -0.3 is 0 Å². The summed E-state index contributed by atoms with van der Waals surface area (Å²) in [5, 5.41) is 1.64. The highest BCUT2D eigenvalue weighted by Gasteiger charge is 2.09. The zero-order chi connectivity index (χ0) is 13.4. The molecule has 0 bridgehead atoms. The Morgan fingerprint density at radius 3 is 2.53 bits per heavy atom. The summed E-state index contributed by atoms with van der Waals surface area (Å²) >= 11 is 9.85. The summed E-state index contributed by atoms with van der Waals surface area (Å²) in [4.78, 5) is 4.54. The lowest BCUT2D eigenvalue weighted by atomic mass is 10.0. The van der Waals surface area contributed by atoms with Crippen LogP contribution in [-0.4, -0.2) is 4.98 Å². The third-order valence-corrected chi connectivity index (χ3v) is 3.86. The summed E-state index contributed by atoms with van der Waals surface area (Å²) in [5.74, 6) is 0. The summed E-state index contributed by atoms with van der Waals surface area (Å²) in [6, 6.07) is 16.3. The van der Waals surface area contributed by atoms with Crippen molar-refractivity contribution in [1.82, 2.24) is 4.98 Å².